The zero-order chi connectivity index (χ0) is 27.5. The van der Waals surface area contributed by atoms with Crippen LogP contribution in [0, 0.1) is 6.92 Å². The van der Waals surface area contributed by atoms with E-state index in [0.29, 0.717) is 46.8 Å². The molecule has 1 aromatic carbocycles. The van der Waals surface area contributed by atoms with Crippen molar-refractivity contribution in [1.82, 2.24) is 25.4 Å². The Hall–Kier alpha value is -4.25. The Balaban J connectivity index is 1.08. The zero-order valence-electron chi connectivity index (χ0n) is 22.5. The first-order valence-corrected chi connectivity index (χ1v) is 13.9. The van der Waals surface area contributed by atoms with Gasteiger partial charge in [0, 0.05) is 49.3 Å². The van der Waals surface area contributed by atoms with Crippen molar-refractivity contribution >= 4 is 17.6 Å². The van der Waals surface area contributed by atoms with Crippen LogP contribution in [0.4, 0.5) is 11.7 Å². The maximum atomic E-state index is 11.6. The van der Waals surface area contributed by atoms with Crippen molar-refractivity contribution in [3.8, 4) is 22.8 Å². The van der Waals surface area contributed by atoms with Gasteiger partial charge in [0.1, 0.15) is 5.69 Å². The fourth-order valence-electron chi connectivity index (χ4n) is 5.72. The van der Waals surface area contributed by atoms with E-state index in [1.54, 1.807) is 31.3 Å². The lowest BCUT2D eigenvalue weighted by Crippen LogP contribution is -2.54. The third-order valence-corrected chi connectivity index (χ3v) is 7.75. The molecule has 6 rings (SSSR count). The molecule has 40 heavy (non-hydrogen) atoms. The average molecular weight is 543 g/mol. The maximum Gasteiger partial charge on any atom is 0.295 e. The predicted octanol–water partition coefficient (Wildman–Crippen LogP) is 4.18. The summed E-state index contributed by atoms with van der Waals surface area (Å²) < 4.78 is 11.1. The molecule has 0 spiro atoms. The Bertz CT molecular complexity index is 1450. The number of hydrogen-bond donors (Lipinski definition) is 3. The van der Waals surface area contributed by atoms with Crippen LogP contribution in [0.3, 0.4) is 0 Å². The van der Waals surface area contributed by atoms with E-state index in [0.717, 1.165) is 50.0 Å². The summed E-state index contributed by atoms with van der Waals surface area (Å²) in [5.74, 6) is 1.17. The lowest BCUT2D eigenvalue weighted by molar-refractivity contribution is 0.100. The van der Waals surface area contributed by atoms with Crippen LogP contribution < -0.4 is 21.3 Å². The summed E-state index contributed by atoms with van der Waals surface area (Å²) in [6, 6.07) is 12.5. The van der Waals surface area contributed by atoms with Crippen molar-refractivity contribution in [3.05, 3.63) is 60.2 Å². The Kier molecular flexibility index (Phi) is 7.45. The molecule has 3 aromatic heterocycles. The fourth-order valence-corrected chi connectivity index (χ4v) is 5.72. The number of nitrogens with two attached hydrogens (primary N) is 1. The van der Waals surface area contributed by atoms with Gasteiger partial charge in [-0.15, -0.1) is 0 Å². The summed E-state index contributed by atoms with van der Waals surface area (Å²) in [5.41, 5.74) is 8.45. The summed E-state index contributed by atoms with van der Waals surface area (Å²) in [7, 11) is 0. The molecule has 0 radical (unpaired) electrons. The summed E-state index contributed by atoms with van der Waals surface area (Å²) in [5, 5.41) is 11.5. The van der Waals surface area contributed by atoms with E-state index in [1.165, 1.54) is 12.8 Å². The van der Waals surface area contributed by atoms with Crippen LogP contribution in [0.15, 0.2) is 57.7 Å². The summed E-state index contributed by atoms with van der Waals surface area (Å²) in [6.07, 6.45) is 10.3. The molecule has 11 nitrogen and oxygen atoms in total. The second kappa shape index (κ2) is 11.5. The quantitative estimate of drug-likeness (QED) is 0.296. The number of benzene rings is 1. The first-order chi connectivity index (χ1) is 19.5. The number of primary amides is 1. The van der Waals surface area contributed by atoms with Crippen LogP contribution in [-0.2, 0) is 0 Å². The number of carbonyl (C=O) groups excluding carboxylic acids is 1. The molecule has 1 amide bonds. The number of rotatable bonds is 8. The molecule has 3 unspecified atom stereocenters. The smallest absolute Gasteiger partial charge is 0.295 e. The number of carbonyl (C=O) groups is 1. The molecular weight excluding hydrogens is 508 g/mol. The van der Waals surface area contributed by atoms with E-state index in [4.69, 9.17) is 14.7 Å². The first kappa shape index (κ1) is 26.0. The van der Waals surface area contributed by atoms with Crippen molar-refractivity contribution in [1.29, 1.82) is 0 Å². The van der Waals surface area contributed by atoms with E-state index in [2.05, 4.69) is 41.7 Å². The second-order valence-corrected chi connectivity index (χ2v) is 10.6. The highest BCUT2D eigenvalue weighted by Gasteiger charge is 2.30. The molecule has 208 valence electrons. The molecule has 3 atom stereocenters. The van der Waals surface area contributed by atoms with Gasteiger partial charge < -0.3 is 30.2 Å². The van der Waals surface area contributed by atoms with Crippen LogP contribution in [0.1, 0.15) is 54.8 Å². The van der Waals surface area contributed by atoms with Crippen molar-refractivity contribution in [2.24, 2.45) is 5.73 Å². The largest absolute Gasteiger partial charge is 0.424 e. The number of oxazole rings is 1. The molecule has 2 fully saturated rings. The molecule has 4 heterocycles. The van der Waals surface area contributed by atoms with Gasteiger partial charge in [0.2, 0.25) is 17.6 Å². The number of piperidine rings is 1. The van der Waals surface area contributed by atoms with Crippen LogP contribution in [0.25, 0.3) is 22.8 Å². The van der Waals surface area contributed by atoms with Gasteiger partial charge in [-0.25, -0.2) is 4.98 Å². The number of nitrogens with zero attached hydrogens (tertiary/aromatic N) is 5. The SMILES string of the molecule is Cc1nc(-c2ccc(N3CCCC(NC4CCCCC4Nc4ncc(-c5cccc(C(N)=O)c5)o4)C3)cn2)no1. The molecular formula is C29H34N8O3. The highest BCUT2D eigenvalue weighted by atomic mass is 16.5. The normalized spacial score (nSPS) is 21.3. The third-order valence-electron chi connectivity index (χ3n) is 7.75. The Morgan fingerprint density at radius 3 is 2.70 bits per heavy atom. The van der Waals surface area contributed by atoms with Gasteiger partial charge in [-0.05, 0) is 49.9 Å². The average Bonchev–Trinajstić information content (AvgIpc) is 3.64. The zero-order valence-corrected chi connectivity index (χ0v) is 22.5. The van der Waals surface area contributed by atoms with Gasteiger partial charge in [-0.2, -0.15) is 4.98 Å². The summed E-state index contributed by atoms with van der Waals surface area (Å²) in [6.45, 7) is 3.70. The number of aromatic nitrogens is 4. The van der Waals surface area contributed by atoms with E-state index >= 15 is 0 Å². The van der Waals surface area contributed by atoms with Crippen LogP contribution in [-0.4, -0.2) is 57.2 Å². The monoisotopic (exact) mass is 542 g/mol. The maximum absolute atomic E-state index is 11.6. The minimum absolute atomic E-state index is 0.215. The van der Waals surface area contributed by atoms with Gasteiger partial charge in [-0.1, -0.05) is 30.1 Å². The van der Waals surface area contributed by atoms with Crippen LogP contribution in [0.2, 0.25) is 0 Å². The Morgan fingerprint density at radius 1 is 1.05 bits per heavy atom. The number of amides is 1. The molecule has 4 N–H and O–H groups in total. The summed E-state index contributed by atoms with van der Waals surface area (Å²) in [4.78, 5) is 27.3. The van der Waals surface area contributed by atoms with Gasteiger partial charge in [-0.3, -0.25) is 9.78 Å². The molecule has 1 saturated heterocycles. The number of anilines is 2. The van der Waals surface area contributed by atoms with Crippen molar-refractivity contribution in [2.75, 3.05) is 23.3 Å². The Morgan fingerprint density at radius 2 is 1.93 bits per heavy atom. The molecule has 4 aromatic rings. The predicted molar refractivity (Wildman–Crippen MR) is 151 cm³/mol. The first-order valence-electron chi connectivity index (χ1n) is 13.9. The van der Waals surface area contributed by atoms with Gasteiger partial charge >= 0.3 is 0 Å². The molecule has 1 aliphatic carbocycles. The number of hydrogen-bond acceptors (Lipinski definition) is 10. The highest BCUT2D eigenvalue weighted by Crippen LogP contribution is 2.28. The number of pyridine rings is 1. The van der Waals surface area contributed by atoms with E-state index < -0.39 is 5.91 Å². The minimum Gasteiger partial charge on any atom is -0.424 e. The van der Waals surface area contributed by atoms with E-state index in [-0.39, 0.29) is 6.04 Å². The van der Waals surface area contributed by atoms with Crippen LogP contribution >= 0.6 is 0 Å². The van der Waals surface area contributed by atoms with Crippen molar-refractivity contribution in [3.63, 3.8) is 0 Å². The topological polar surface area (TPSA) is 148 Å². The van der Waals surface area contributed by atoms with Gasteiger partial charge in [0.25, 0.3) is 6.01 Å². The Labute approximate surface area is 232 Å². The molecule has 2 aliphatic rings. The standard InChI is InChI=1S/C29H34N8O3/c1-18-33-28(36-40-18)25-12-11-22(15-31-25)37-13-5-8-21(17-37)34-23-9-2-3-10-24(23)35-29-32-16-26(39-29)19-6-4-7-20(14-19)27(30)38/h4,6-7,11-12,14-16,21,23-24,34H,2-3,5,8-10,13,17H2,1H3,(H2,30,38)(H,32,35). The molecule has 11 heteroatoms. The van der Waals surface area contributed by atoms with Gasteiger partial charge in [0.15, 0.2) is 5.76 Å². The molecule has 1 aliphatic heterocycles. The third kappa shape index (κ3) is 5.84. The second-order valence-electron chi connectivity index (χ2n) is 10.6. The number of nitrogens with one attached hydrogen (secondary N) is 2. The molecule has 1 saturated carbocycles. The highest BCUT2D eigenvalue weighted by molar-refractivity contribution is 5.93. The number of aryl methyl sites for hydroxylation is 1. The van der Waals surface area contributed by atoms with Crippen molar-refractivity contribution < 1.29 is 13.7 Å². The summed E-state index contributed by atoms with van der Waals surface area (Å²) >= 11 is 0. The van der Waals surface area contributed by atoms with Gasteiger partial charge in [0.05, 0.1) is 18.1 Å². The fraction of sp³-hybridized carbons (Fsp3) is 0.414. The van der Waals surface area contributed by atoms with E-state index in [1.807, 2.05) is 18.3 Å². The molecule has 0 bridgehead atoms. The van der Waals surface area contributed by atoms with Crippen molar-refractivity contribution in [2.45, 2.75) is 63.6 Å². The lowest BCUT2D eigenvalue weighted by atomic mass is 9.89. The lowest BCUT2D eigenvalue weighted by Gasteiger charge is -2.40. The van der Waals surface area contributed by atoms with E-state index in [9.17, 15) is 4.79 Å². The van der Waals surface area contributed by atoms with Crippen LogP contribution in [0.5, 0.6) is 0 Å². The minimum atomic E-state index is -0.468.